The minimum Gasteiger partial charge on any atom is -0.405 e. The molecule has 6 nitrogen and oxygen atoms in total. The molecule has 0 unspecified atom stereocenters. The van der Waals surface area contributed by atoms with Gasteiger partial charge in [-0.25, -0.2) is 4.98 Å². The number of non-ortho nitro benzene ring substituents is 1. The van der Waals surface area contributed by atoms with Crippen molar-refractivity contribution in [3.05, 3.63) is 52.6 Å². The highest BCUT2D eigenvalue weighted by Gasteiger charge is 2.33. The van der Waals surface area contributed by atoms with E-state index in [1.807, 2.05) is 0 Å². The van der Waals surface area contributed by atoms with Crippen molar-refractivity contribution in [1.82, 2.24) is 9.97 Å². The third kappa shape index (κ3) is 3.07. The molecule has 0 saturated carbocycles. The van der Waals surface area contributed by atoms with Crippen LogP contribution in [0, 0.1) is 10.1 Å². The Morgan fingerprint density at radius 3 is 2.57 bits per heavy atom. The summed E-state index contributed by atoms with van der Waals surface area (Å²) in [5.41, 5.74) is 0.599. The first kappa shape index (κ1) is 14.8. The van der Waals surface area contributed by atoms with Gasteiger partial charge >= 0.3 is 6.36 Å². The van der Waals surface area contributed by atoms with Crippen LogP contribution in [0.25, 0.3) is 22.4 Å². The van der Waals surface area contributed by atoms with Crippen LogP contribution in [0.1, 0.15) is 0 Å². The van der Waals surface area contributed by atoms with Crippen molar-refractivity contribution in [2.24, 2.45) is 0 Å². The minimum atomic E-state index is -4.92. The minimum absolute atomic E-state index is 0.0501. The van der Waals surface area contributed by atoms with Crippen molar-refractivity contribution in [2.45, 2.75) is 6.36 Å². The number of nitro groups is 1. The number of H-pyrrole nitrogens is 1. The van der Waals surface area contributed by atoms with E-state index in [2.05, 4.69) is 14.7 Å². The van der Waals surface area contributed by atoms with Crippen molar-refractivity contribution in [2.75, 3.05) is 0 Å². The van der Waals surface area contributed by atoms with Gasteiger partial charge in [0.25, 0.3) is 5.69 Å². The fraction of sp³-hybridized carbons (Fsp3) is 0.0714. The van der Waals surface area contributed by atoms with Crippen LogP contribution in [-0.4, -0.2) is 21.3 Å². The predicted molar refractivity (Wildman–Crippen MR) is 74.9 cm³/mol. The van der Waals surface area contributed by atoms with Gasteiger partial charge in [0.05, 0.1) is 21.5 Å². The molecule has 1 heterocycles. The van der Waals surface area contributed by atoms with E-state index < -0.39 is 17.0 Å². The normalized spacial score (nSPS) is 11.6. The summed E-state index contributed by atoms with van der Waals surface area (Å²) >= 11 is 0. The zero-order chi connectivity index (χ0) is 16.6. The molecule has 23 heavy (non-hydrogen) atoms. The van der Waals surface area contributed by atoms with Crippen molar-refractivity contribution >= 4 is 16.7 Å². The smallest absolute Gasteiger partial charge is 0.405 e. The Morgan fingerprint density at radius 2 is 1.91 bits per heavy atom. The molecule has 0 aliphatic carbocycles. The first-order chi connectivity index (χ1) is 10.8. The van der Waals surface area contributed by atoms with Gasteiger partial charge in [-0.3, -0.25) is 10.1 Å². The second-order valence-corrected chi connectivity index (χ2v) is 4.59. The lowest BCUT2D eigenvalue weighted by Gasteiger charge is -2.11. The summed E-state index contributed by atoms with van der Waals surface area (Å²) in [7, 11) is 0. The van der Waals surface area contributed by atoms with E-state index >= 15 is 0 Å². The lowest BCUT2D eigenvalue weighted by atomic mass is 10.1. The average molecular weight is 323 g/mol. The number of hydrogen-bond acceptors (Lipinski definition) is 4. The van der Waals surface area contributed by atoms with Gasteiger partial charge in [-0.05, 0) is 18.2 Å². The maximum atomic E-state index is 12.5. The van der Waals surface area contributed by atoms with Crippen molar-refractivity contribution in [3.63, 3.8) is 0 Å². The zero-order valence-electron chi connectivity index (χ0n) is 11.3. The Bertz CT molecular complexity index is 857. The number of aromatic nitrogens is 2. The number of nitrogens with one attached hydrogen (secondary N) is 1. The topological polar surface area (TPSA) is 81.1 Å². The van der Waals surface area contributed by atoms with Gasteiger partial charge in [0.15, 0.2) is 0 Å². The van der Waals surface area contributed by atoms with E-state index in [0.717, 1.165) is 18.2 Å². The number of imidazole rings is 1. The van der Waals surface area contributed by atoms with Crippen LogP contribution in [0.3, 0.4) is 0 Å². The third-order valence-electron chi connectivity index (χ3n) is 3.04. The Kier molecular flexibility index (Phi) is 3.40. The second-order valence-electron chi connectivity index (χ2n) is 4.59. The summed E-state index contributed by atoms with van der Waals surface area (Å²) in [6, 6.07) is 9.61. The van der Waals surface area contributed by atoms with E-state index in [9.17, 15) is 23.3 Å². The number of rotatable bonds is 3. The number of benzene rings is 2. The van der Waals surface area contributed by atoms with E-state index in [4.69, 9.17) is 0 Å². The van der Waals surface area contributed by atoms with Crippen LogP contribution in [0.15, 0.2) is 42.5 Å². The number of hydrogen-bond donors (Lipinski definition) is 1. The predicted octanol–water partition coefficient (Wildman–Crippen LogP) is 4.04. The van der Waals surface area contributed by atoms with Gasteiger partial charge < -0.3 is 9.72 Å². The standard InChI is InChI=1S/C14H8F3N3O3/c15-14(16,17)23-12-6-5-8(20(21)22)7-9(12)13-18-10-3-1-2-4-11(10)19-13/h1-7H,(H,18,19). The van der Waals surface area contributed by atoms with Crippen LogP contribution in [0.5, 0.6) is 5.75 Å². The third-order valence-corrected chi connectivity index (χ3v) is 3.04. The monoisotopic (exact) mass is 323 g/mol. The molecule has 2 aromatic carbocycles. The van der Waals surface area contributed by atoms with Crippen LogP contribution < -0.4 is 4.74 Å². The fourth-order valence-electron chi connectivity index (χ4n) is 2.11. The van der Waals surface area contributed by atoms with Crippen molar-refractivity contribution in [1.29, 1.82) is 0 Å². The average Bonchev–Trinajstić information content (AvgIpc) is 2.89. The molecule has 118 valence electrons. The molecular formula is C14H8F3N3O3. The highest BCUT2D eigenvalue weighted by molar-refractivity contribution is 5.81. The molecule has 0 bridgehead atoms. The van der Waals surface area contributed by atoms with Gasteiger partial charge in [0.1, 0.15) is 11.6 Å². The number of para-hydroxylation sites is 2. The zero-order valence-corrected chi connectivity index (χ0v) is 11.3. The van der Waals surface area contributed by atoms with Crippen LogP contribution in [0.4, 0.5) is 18.9 Å². The Morgan fingerprint density at radius 1 is 1.17 bits per heavy atom. The molecular weight excluding hydrogens is 315 g/mol. The highest BCUT2D eigenvalue weighted by atomic mass is 19.4. The molecule has 0 amide bonds. The molecule has 0 atom stereocenters. The quantitative estimate of drug-likeness (QED) is 0.582. The first-order valence-corrected chi connectivity index (χ1v) is 6.33. The summed E-state index contributed by atoms with van der Waals surface area (Å²) in [4.78, 5) is 17.1. The van der Waals surface area contributed by atoms with E-state index in [-0.39, 0.29) is 17.1 Å². The molecule has 3 rings (SSSR count). The molecule has 9 heteroatoms. The number of halogens is 3. The Labute approximate surface area is 126 Å². The molecule has 3 aromatic rings. The Balaban J connectivity index is 2.17. The lowest BCUT2D eigenvalue weighted by Crippen LogP contribution is -2.17. The molecule has 0 spiro atoms. The lowest BCUT2D eigenvalue weighted by molar-refractivity contribution is -0.384. The number of nitro benzene ring substituents is 1. The van der Waals surface area contributed by atoms with Gasteiger partial charge in [0, 0.05) is 12.1 Å². The molecule has 0 radical (unpaired) electrons. The summed E-state index contributed by atoms with van der Waals surface area (Å²) < 4.78 is 41.5. The largest absolute Gasteiger partial charge is 0.573 e. The summed E-state index contributed by atoms with van der Waals surface area (Å²) in [5, 5.41) is 10.9. The van der Waals surface area contributed by atoms with E-state index in [1.165, 1.54) is 0 Å². The number of fused-ring (bicyclic) bond motifs is 1. The first-order valence-electron chi connectivity index (χ1n) is 6.33. The SMILES string of the molecule is O=[N+]([O-])c1ccc(OC(F)(F)F)c(-c2nc3ccccc3[nH]2)c1. The molecule has 0 fully saturated rings. The number of ether oxygens (including phenoxy) is 1. The highest BCUT2D eigenvalue weighted by Crippen LogP contribution is 2.35. The second kappa shape index (κ2) is 5.27. The van der Waals surface area contributed by atoms with Crippen LogP contribution in [-0.2, 0) is 0 Å². The van der Waals surface area contributed by atoms with Gasteiger partial charge in [-0.15, -0.1) is 13.2 Å². The summed E-state index contributed by atoms with van der Waals surface area (Å²) in [6.07, 6.45) is -4.92. The van der Waals surface area contributed by atoms with Crippen molar-refractivity contribution < 1.29 is 22.8 Å². The molecule has 1 aromatic heterocycles. The van der Waals surface area contributed by atoms with Gasteiger partial charge in [-0.2, -0.15) is 0 Å². The molecule has 1 N–H and O–H groups in total. The molecule has 0 saturated heterocycles. The van der Waals surface area contributed by atoms with Gasteiger partial charge in [0.2, 0.25) is 0 Å². The molecule has 0 aliphatic rings. The maximum Gasteiger partial charge on any atom is 0.573 e. The summed E-state index contributed by atoms with van der Waals surface area (Å²) in [6.45, 7) is 0. The Hall–Kier alpha value is -3.10. The van der Waals surface area contributed by atoms with Crippen molar-refractivity contribution in [3.8, 4) is 17.1 Å². The van der Waals surface area contributed by atoms with E-state index in [0.29, 0.717) is 11.0 Å². The number of alkyl halides is 3. The van der Waals surface area contributed by atoms with Crippen LogP contribution >= 0.6 is 0 Å². The number of nitrogens with zero attached hydrogens (tertiary/aromatic N) is 2. The number of aromatic amines is 1. The maximum absolute atomic E-state index is 12.5. The van der Waals surface area contributed by atoms with E-state index in [1.54, 1.807) is 24.3 Å². The van der Waals surface area contributed by atoms with Gasteiger partial charge in [-0.1, -0.05) is 12.1 Å². The van der Waals surface area contributed by atoms with Crippen LogP contribution in [0.2, 0.25) is 0 Å². The fourth-order valence-corrected chi connectivity index (χ4v) is 2.11. The summed E-state index contributed by atoms with van der Waals surface area (Å²) in [5.74, 6) is -0.517. The molecule has 0 aliphatic heterocycles.